The SMILES string of the molecule is CCCn1c(SCc2nc(-c3ccc(CC)cc3)no2)nc2ccccc2c1=O. The summed E-state index contributed by atoms with van der Waals surface area (Å²) in [6.45, 7) is 4.79. The molecule has 0 amide bonds. The van der Waals surface area contributed by atoms with Gasteiger partial charge in [0.05, 0.1) is 16.7 Å². The lowest BCUT2D eigenvalue weighted by Crippen LogP contribution is -2.23. The molecule has 2 heterocycles. The lowest BCUT2D eigenvalue weighted by Gasteiger charge is -2.11. The van der Waals surface area contributed by atoms with E-state index in [1.54, 1.807) is 4.57 Å². The number of thioether (sulfide) groups is 1. The van der Waals surface area contributed by atoms with E-state index in [9.17, 15) is 4.79 Å². The van der Waals surface area contributed by atoms with E-state index in [4.69, 9.17) is 4.52 Å². The Morgan fingerprint density at radius 2 is 1.83 bits per heavy atom. The van der Waals surface area contributed by atoms with Crippen molar-refractivity contribution >= 4 is 22.7 Å². The zero-order valence-corrected chi connectivity index (χ0v) is 17.3. The van der Waals surface area contributed by atoms with E-state index in [0.29, 0.717) is 40.1 Å². The van der Waals surface area contributed by atoms with Crippen LogP contribution in [0.4, 0.5) is 0 Å². The van der Waals surface area contributed by atoms with Crippen LogP contribution in [0, 0.1) is 0 Å². The van der Waals surface area contributed by atoms with Crippen LogP contribution in [0.2, 0.25) is 0 Å². The minimum atomic E-state index is -0.0119. The molecule has 4 rings (SSSR count). The van der Waals surface area contributed by atoms with Gasteiger partial charge >= 0.3 is 0 Å². The van der Waals surface area contributed by atoms with Gasteiger partial charge in [-0.2, -0.15) is 4.98 Å². The monoisotopic (exact) mass is 406 g/mol. The third kappa shape index (κ3) is 4.10. The van der Waals surface area contributed by atoms with Crippen LogP contribution in [-0.4, -0.2) is 19.7 Å². The van der Waals surface area contributed by atoms with Crippen LogP contribution in [0.25, 0.3) is 22.3 Å². The van der Waals surface area contributed by atoms with Crippen LogP contribution < -0.4 is 5.56 Å². The maximum atomic E-state index is 12.9. The maximum absolute atomic E-state index is 12.9. The van der Waals surface area contributed by atoms with E-state index in [1.165, 1.54) is 17.3 Å². The van der Waals surface area contributed by atoms with Crippen LogP contribution in [0.15, 0.2) is 63.0 Å². The number of aromatic nitrogens is 4. The van der Waals surface area contributed by atoms with E-state index in [1.807, 2.05) is 43.3 Å². The van der Waals surface area contributed by atoms with Crippen molar-refractivity contribution in [2.45, 2.75) is 44.1 Å². The quantitative estimate of drug-likeness (QED) is 0.327. The molecule has 2 aromatic carbocycles. The number of benzene rings is 2. The number of fused-ring (bicyclic) bond motifs is 1. The van der Waals surface area contributed by atoms with Gasteiger partial charge in [0.2, 0.25) is 11.7 Å². The van der Waals surface area contributed by atoms with Crippen molar-refractivity contribution < 1.29 is 4.52 Å². The second kappa shape index (κ2) is 8.61. The minimum Gasteiger partial charge on any atom is -0.338 e. The number of aryl methyl sites for hydroxylation is 1. The highest BCUT2D eigenvalue weighted by atomic mass is 32.2. The van der Waals surface area contributed by atoms with E-state index < -0.39 is 0 Å². The Bertz CT molecular complexity index is 1180. The molecule has 6 nitrogen and oxygen atoms in total. The van der Waals surface area contributed by atoms with Crippen molar-refractivity contribution in [1.29, 1.82) is 0 Å². The molecule has 0 saturated heterocycles. The molecule has 29 heavy (non-hydrogen) atoms. The predicted octanol–water partition coefficient (Wildman–Crippen LogP) is 4.71. The van der Waals surface area contributed by atoms with E-state index in [2.05, 4.69) is 34.2 Å². The fourth-order valence-electron chi connectivity index (χ4n) is 3.13. The van der Waals surface area contributed by atoms with Gasteiger partial charge in [0.15, 0.2) is 5.16 Å². The molecule has 7 heteroatoms. The summed E-state index contributed by atoms with van der Waals surface area (Å²) in [5, 5.41) is 5.40. The molecule has 148 valence electrons. The molecule has 0 aliphatic carbocycles. The molecule has 4 aromatic rings. The Kier molecular flexibility index (Phi) is 5.76. The first-order valence-electron chi connectivity index (χ1n) is 9.74. The highest BCUT2D eigenvalue weighted by Gasteiger charge is 2.14. The standard InChI is InChI=1S/C22H22N4O2S/c1-3-13-26-21(27)17-7-5-6-8-18(17)23-22(26)29-14-19-24-20(25-28-19)16-11-9-15(4-2)10-12-16/h5-12H,3-4,13-14H2,1-2H3. The molecular weight excluding hydrogens is 384 g/mol. The first-order valence-corrected chi connectivity index (χ1v) is 10.7. The van der Waals surface area contributed by atoms with Crippen molar-refractivity contribution in [3.05, 3.63) is 70.3 Å². The molecule has 0 unspecified atom stereocenters. The normalized spacial score (nSPS) is 11.2. The molecule has 0 bridgehead atoms. The Hall–Kier alpha value is -2.93. The molecule has 0 saturated carbocycles. The lowest BCUT2D eigenvalue weighted by molar-refractivity contribution is 0.391. The van der Waals surface area contributed by atoms with Gasteiger partial charge in [0.1, 0.15) is 0 Å². The maximum Gasteiger partial charge on any atom is 0.262 e. The Labute approximate surface area is 173 Å². The van der Waals surface area contributed by atoms with Gasteiger partial charge in [0, 0.05) is 12.1 Å². The average Bonchev–Trinajstić information content (AvgIpc) is 3.24. The van der Waals surface area contributed by atoms with Gasteiger partial charge in [-0.15, -0.1) is 0 Å². The molecule has 0 aliphatic heterocycles. The third-order valence-corrected chi connectivity index (χ3v) is 5.65. The smallest absolute Gasteiger partial charge is 0.262 e. The number of hydrogen-bond acceptors (Lipinski definition) is 6. The zero-order chi connectivity index (χ0) is 20.2. The summed E-state index contributed by atoms with van der Waals surface area (Å²) in [6.07, 6.45) is 1.85. The first-order chi connectivity index (χ1) is 14.2. The highest BCUT2D eigenvalue weighted by molar-refractivity contribution is 7.98. The van der Waals surface area contributed by atoms with E-state index in [-0.39, 0.29) is 5.56 Å². The largest absolute Gasteiger partial charge is 0.338 e. The molecule has 2 aromatic heterocycles. The summed E-state index contributed by atoms with van der Waals surface area (Å²) < 4.78 is 7.15. The molecule has 0 atom stereocenters. The van der Waals surface area contributed by atoms with Crippen molar-refractivity contribution in [3.63, 3.8) is 0 Å². The van der Waals surface area contributed by atoms with Crippen LogP contribution in [-0.2, 0) is 18.7 Å². The lowest BCUT2D eigenvalue weighted by atomic mass is 10.1. The summed E-state index contributed by atoms with van der Waals surface area (Å²) in [5.74, 6) is 1.53. The van der Waals surface area contributed by atoms with Crippen molar-refractivity contribution in [1.82, 2.24) is 19.7 Å². The fourth-order valence-corrected chi connectivity index (χ4v) is 3.99. The average molecular weight is 407 g/mol. The number of rotatable bonds is 7. The van der Waals surface area contributed by atoms with Gasteiger partial charge in [-0.25, -0.2) is 4.98 Å². The van der Waals surface area contributed by atoms with Crippen LogP contribution in [0.3, 0.4) is 0 Å². The number of hydrogen-bond donors (Lipinski definition) is 0. The van der Waals surface area contributed by atoms with Gasteiger partial charge < -0.3 is 4.52 Å². The Morgan fingerprint density at radius 1 is 1.03 bits per heavy atom. The zero-order valence-electron chi connectivity index (χ0n) is 16.5. The summed E-state index contributed by atoms with van der Waals surface area (Å²) >= 11 is 1.44. The Morgan fingerprint density at radius 3 is 2.59 bits per heavy atom. The van der Waals surface area contributed by atoms with Crippen molar-refractivity contribution in [3.8, 4) is 11.4 Å². The second-order valence-electron chi connectivity index (χ2n) is 6.72. The number of para-hydroxylation sites is 1. The van der Waals surface area contributed by atoms with E-state index >= 15 is 0 Å². The highest BCUT2D eigenvalue weighted by Crippen LogP contribution is 2.23. The van der Waals surface area contributed by atoms with Crippen LogP contribution in [0.5, 0.6) is 0 Å². The molecule has 0 N–H and O–H groups in total. The van der Waals surface area contributed by atoms with Crippen LogP contribution in [0.1, 0.15) is 31.7 Å². The van der Waals surface area contributed by atoms with Gasteiger partial charge in [-0.05, 0) is 30.5 Å². The summed E-state index contributed by atoms with van der Waals surface area (Å²) in [6, 6.07) is 15.6. The van der Waals surface area contributed by atoms with Crippen LogP contribution >= 0.6 is 11.8 Å². The molecule has 0 aliphatic rings. The number of nitrogens with zero attached hydrogens (tertiary/aromatic N) is 4. The fraction of sp³-hybridized carbons (Fsp3) is 0.273. The molecular formula is C22H22N4O2S. The predicted molar refractivity (Wildman–Crippen MR) is 115 cm³/mol. The Balaban J connectivity index is 1.57. The van der Waals surface area contributed by atoms with Crippen molar-refractivity contribution in [2.24, 2.45) is 0 Å². The van der Waals surface area contributed by atoms with Gasteiger partial charge in [-0.3, -0.25) is 9.36 Å². The topological polar surface area (TPSA) is 73.8 Å². The summed E-state index contributed by atoms with van der Waals surface area (Å²) in [5.41, 5.74) is 2.88. The van der Waals surface area contributed by atoms with Gasteiger partial charge in [0.25, 0.3) is 5.56 Å². The summed E-state index contributed by atoms with van der Waals surface area (Å²) in [7, 11) is 0. The third-order valence-electron chi connectivity index (χ3n) is 4.69. The second-order valence-corrected chi connectivity index (χ2v) is 7.66. The minimum absolute atomic E-state index is 0.0119. The van der Waals surface area contributed by atoms with E-state index in [0.717, 1.165) is 18.4 Å². The molecule has 0 spiro atoms. The van der Waals surface area contributed by atoms with Crippen molar-refractivity contribution in [2.75, 3.05) is 0 Å². The molecule has 0 radical (unpaired) electrons. The first kappa shape index (κ1) is 19.4. The van der Waals surface area contributed by atoms with Gasteiger partial charge in [-0.1, -0.05) is 67.2 Å². The summed E-state index contributed by atoms with van der Waals surface area (Å²) in [4.78, 5) is 22.0. The molecule has 0 fully saturated rings.